The van der Waals surface area contributed by atoms with Gasteiger partial charge in [0.15, 0.2) is 0 Å². The molecule has 0 aromatic heterocycles. The van der Waals surface area contributed by atoms with Crippen LogP contribution in [0, 0.1) is 12.7 Å². The van der Waals surface area contributed by atoms with Gasteiger partial charge >= 0.3 is 0 Å². The zero-order valence-electron chi connectivity index (χ0n) is 13.9. The smallest absolute Gasteiger partial charge is 0.255 e. The van der Waals surface area contributed by atoms with Crippen LogP contribution in [0.2, 0.25) is 0 Å². The minimum atomic E-state index is -0.257. The highest BCUT2D eigenvalue weighted by atomic mass is 19.1. The second kappa shape index (κ2) is 7.62. The molecule has 2 N–H and O–H groups in total. The van der Waals surface area contributed by atoms with E-state index in [9.17, 15) is 9.18 Å². The van der Waals surface area contributed by atoms with Crippen molar-refractivity contribution in [3.8, 4) is 0 Å². The Morgan fingerprint density at radius 1 is 0.960 bits per heavy atom. The van der Waals surface area contributed by atoms with Crippen LogP contribution in [0.4, 0.5) is 15.8 Å². The highest BCUT2D eigenvalue weighted by molar-refractivity contribution is 6.04. The Balaban J connectivity index is 1.72. The maximum Gasteiger partial charge on any atom is 0.255 e. The van der Waals surface area contributed by atoms with Crippen LogP contribution < -0.4 is 10.6 Å². The van der Waals surface area contributed by atoms with Crippen LogP contribution in [0.25, 0.3) is 0 Å². The maximum absolute atomic E-state index is 13.3. The summed E-state index contributed by atoms with van der Waals surface area (Å²) in [6.45, 7) is 2.45. The molecule has 0 unspecified atom stereocenters. The van der Waals surface area contributed by atoms with Crippen molar-refractivity contribution < 1.29 is 9.18 Å². The molecule has 0 aliphatic carbocycles. The van der Waals surface area contributed by atoms with Crippen molar-refractivity contribution in [1.29, 1.82) is 0 Å². The second-order valence-corrected chi connectivity index (χ2v) is 5.83. The third kappa shape index (κ3) is 4.44. The normalized spacial score (nSPS) is 10.3. The first-order chi connectivity index (χ1) is 12.1. The lowest BCUT2D eigenvalue weighted by atomic mass is 10.1. The number of para-hydroxylation sites is 1. The molecule has 4 heteroatoms. The Morgan fingerprint density at radius 2 is 1.76 bits per heavy atom. The predicted molar refractivity (Wildman–Crippen MR) is 99.3 cm³/mol. The van der Waals surface area contributed by atoms with E-state index in [0.717, 1.165) is 22.5 Å². The van der Waals surface area contributed by atoms with Crippen molar-refractivity contribution in [3.05, 3.63) is 95.3 Å². The largest absolute Gasteiger partial charge is 0.381 e. The molecular weight excluding hydrogens is 315 g/mol. The molecule has 1 amide bonds. The number of carbonyl (C=O) groups is 1. The van der Waals surface area contributed by atoms with Crippen molar-refractivity contribution in [2.45, 2.75) is 13.5 Å². The third-order valence-corrected chi connectivity index (χ3v) is 3.90. The summed E-state index contributed by atoms with van der Waals surface area (Å²) >= 11 is 0. The standard InChI is InChI=1S/C21H19FN2O/c1-15-10-11-17(21(25)24-19-8-3-2-4-9-19)13-20(15)23-14-16-6-5-7-18(22)12-16/h2-13,23H,14H2,1H3,(H,24,25). The average Bonchev–Trinajstić information content (AvgIpc) is 2.62. The molecule has 3 rings (SSSR count). The molecule has 0 saturated carbocycles. The fourth-order valence-corrected chi connectivity index (χ4v) is 2.52. The van der Waals surface area contributed by atoms with Crippen molar-refractivity contribution >= 4 is 17.3 Å². The summed E-state index contributed by atoms with van der Waals surface area (Å²) in [5.74, 6) is -0.424. The van der Waals surface area contributed by atoms with Crippen LogP contribution >= 0.6 is 0 Å². The fraction of sp³-hybridized carbons (Fsp3) is 0.0952. The van der Waals surface area contributed by atoms with E-state index in [1.807, 2.05) is 55.5 Å². The van der Waals surface area contributed by atoms with Gasteiger partial charge in [-0.15, -0.1) is 0 Å². The van der Waals surface area contributed by atoms with Gasteiger partial charge in [-0.2, -0.15) is 0 Å². The number of nitrogens with one attached hydrogen (secondary N) is 2. The summed E-state index contributed by atoms with van der Waals surface area (Å²) in [7, 11) is 0. The topological polar surface area (TPSA) is 41.1 Å². The van der Waals surface area contributed by atoms with Crippen LogP contribution in [0.15, 0.2) is 72.8 Å². The van der Waals surface area contributed by atoms with Gasteiger partial charge in [0.05, 0.1) is 0 Å². The van der Waals surface area contributed by atoms with Crippen LogP contribution in [0.1, 0.15) is 21.5 Å². The van der Waals surface area contributed by atoms with E-state index < -0.39 is 0 Å². The molecular formula is C21H19FN2O. The first-order valence-electron chi connectivity index (χ1n) is 8.07. The Hall–Kier alpha value is -3.14. The fourth-order valence-electron chi connectivity index (χ4n) is 2.52. The van der Waals surface area contributed by atoms with Crippen molar-refractivity contribution in [2.24, 2.45) is 0 Å². The summed E-state index contributed by atoms with van der Waals surface area (Å²) in [6, 6.07) is 21.3. The van der Waals surface area contributed by atoms with Gasteiger partial charge in [0, 0.05) is 23.5 Å². The van der Waals surface area contributed by atoms with E-state index in [1.165, 1.54) is 12.1 Å². The molecule has 0 atom stereocenters. The van der Waals surface area contributed by atoms with Crippen molar-refractivity contribution in [2.75, 3.05) is 10.6 Å². The number of hydrogen-bond acceptors (Lipinski definition) is 2. The molecule has 3 aromatic rings. The van der Waals surface area contributed by atoms with Crippen LogP contribution in [-0.4, -0.2) is 5.91 Å². The van der Waals surface area contributed by atoms with E-state index in [1.54, 1.807) is 12.1 Å². The van der Waals surface area contributed by atoms with Gasteiger partial charge in [-0.25, -0.2) is 4.39 Å². The van der Waals surface area contributed by atoms with E-state index >= 15 is 0 Å². The van der Waals surface area contributed by atoms with Gasteiger partial charge in [-0.05, 0) is 54.4 Å². The highest BCUT2D eigenvalue weighted by Crippen LogP contribution is 2.19. The lowest BCUT2D eigenvalue weighted by Gasteiger charge is -2.12. The number of hydrogen-bond donors (Lipinski definition) is 2. The summed E-state index contributed by atoms with van der Waals surface area (Å²) in [5.41, 5.74) is 4.04. The van der Waals surface area contributed by atoms with E-state index in [0.29, 0.717) is 12.1 Å². The Morgan fingerprint density at radius 3 is 2.52 bits per heavy atom. The van der Waals surface area contributed by atoms with E-state index in [4.69, 9.17) is 0 Å². The SMILES string of the molecule is Cc1ccc(C(=O)Nc2ccccc2)cc1NCc1cccc(F)c1. The van der Waals surface area contributed by atoms with Gasteiger partial charge in [0.25, 0.3) is 5.91 Å². The van der Waals surface area contributed by atoms with Gasteiger partial charge < -0.3 is 10.6 Å². The third-order valence-electron chi connectivity index (χ3n) is 3.90. The first-order valence-corrected chi connectivity index (χ1v) is 8.07. The number of amides is 1. The van der Waals surface area contributed by atoms with Gasteiger partial charge in [-0.3, -0.25) is 4.79 Å². The monoisotopic (exact) mass is 334 g/mol. The summed E-state index contributed by atoms with van der Waals surface area (Å²) in [4.78, 5) is 12.4. The molecule has 0 aliphatic heterocycles. The molecule has 0 bridgehead atoms. The molecule has 0 radical (unpaired) electrons. The average molecular weight is 334 g/mol. The minimum absolute atomic E-state index is 0.167. The first kappa shape index (κ1) is 16.7. The number of anilines is 2. The lowest BCUT2D eigenvalue weighted by molar-refractivity contribution is 0.102. The Labute approximate surface area is 146 Å². The van der Waals surface area contributed by atoms with E-state index in [-0.39, 0.29) is 11.7 Å². The number of aryl methyl sites for hydroxylation is 1. The Kier molecular flexibility index (Phi) is 5.09. The molecule has 25 heavy (non-hydrogen) atoms. The van der Waals surface area contributed by atoms with Gasteiger partial charge in [-0.1, -0.05) is 36.4 Å². The second-order valence-electron chi connectivity index (χ2n) is 5.83. The van der Waals surface area contributed by atoms with Crippen LogP contribution in [0.5, 0.6) is 0 Å². The molecule has 0 saturated heterocycles. The van der Waals surface area contributed by atoms with Crippen LogP contribution in [-0.2, 0) is 6.54 Å². The number of halogens is 1. The predicted octanol–water partition coefficient (Wildman–Crippen LogP) is 5.00. The zero-order chi connectivity index (χ0) is 17.6. The van der Waals surface area contributed by atoms with Gasteiger partial charge in [0.1, 0.15) is 5.82 Å². The van der Waals surface area contributed by atoms with Crippen molar-refractivity contribution in [3.63, 3.8) is 0 Å². The molecule has 3 nitrogen and oxygen atoms in total. The summed E-state index contributed by atoms with van der Waals surface area (Å²) in [6.07, 6.45) is 0. The number of rotatable bonds is 5. The Bertz CT molecular complexity index is 878. The lowest BCUT2D eigenvalue weighted by Crippen LogP contribution is -2.12. The number of carbonyl (C=O) groups excluding carboxylic acids is 1. The van der Waals surface area contributed by atoms with E-state index in [2.05, 4.69) is 10.6 Å². The molecule has 0 heterocycles. The maximum atomic E-state index is 13.3. The van der Waals surface area contributed by atoms with Crippen LogP contribution in [0.3, 0.4) is 0 Å². The number of benzene rings is 3. The molecule has 0 spiro atoms. The summed E-state index contributed by atoms with van der Waals surface area (Å²) < 4.78 is 13.3. The quantitative estimate of drug-likeness (QED) is 0.689. The van der Waals surface area contributed by atoms with Crippen molar-refractivity contribution in [1.82, 2.24) is 0 Å². The molecule has 0 aliphatic rings. The molecule has 3 aromatic carbocycles. The van der Waals surface area contributed by atoms with Gasteiger partial charge in [0.2, 0.25) is 0 Å². The molecule has 0 fully saturated rings. The summed E-state index contributed by atoms with van der Waals surface area (Å²) in [5, 5.41) is 6.14. The molecule has 126 valence electrons. The highest BCUT2D eigenvalue weighted by Gasteiger charge is 2.08. The zero-order valence-corrected chi connectivity index (χ0v) is 13.9. The minimum Gasteiger partial charge on any atom is -0.381 e.